The molecule has 0 spiro atoms. The normalized spacial score (nSPS) is 11.8. The van der Waals surface area contributed by atoms with Crippen molar-refractivity contribution in [3.8, 4) is 0 Å². The lowest BCUT2D eigenvalue weighted by Crippen LogP contribution is -2.31. The lowest BCUT2D eigenvalue weighted by molar-refractivity contribution is -0.137. The summed E-state index contributed by atoms with van der Waals surface area (Å²) in [7, 11) is 0. The van der Waals surface area contributed by atoms with Gasteiger partial charge in [0.05, 0.1) is 0 Å². The molecule has 5 heteroatoms. The number of hydrogen-bond donors (Lipinski definition) is 3. The molecule has 0 unspecified atom stereocenters. The van der Waals surface area contributed by atoms with Crippen molar-refractivity contribution in [3.05, 3.63) is 0 Å². The molecule has 0 aromatic heterocycles. The Kier molecular flexibility index (Phi) is 8.06. The molecule has 3 N–H and O–H groups in total. The summed E-state index contributed by atoms with van der Waals surface area (Å²) >= 11 is 3.65. The first-order chi connectivity index (χ1) is 3.18. The van der Waals surface area contributed by atoms with Crippen LogP contribution in [0.15, 0.2) is 0 Å². The summed E-state index contributed by atoms with van der Waals surface area (Å²) in [6.45, 7) is 0. The molecular formula is C3H7MgNO2S. The van der Waals surface area contributed by atoms with Crippen molar-refractivity contribution in [1.82, 2.24) is 0 Å². The molecule has 0 rings (SSSR count). The van der Waals surface area contributed by atoms with Crippen molar-refractivity contribution in [2.45, 2.75) is 6.04 Å². The molecule has 0 aromatic rings. The van der Waals surface area contributed by atoms with E-state index < -0.39 is 12.0 Å². The van der Waals surface area contributed by atoms with Gasteiger partial charge < -0.3 is 10.8 Å². The van der Waals surface area contributed by atoms with Crippen LogP contribution in [0.5, 0.6) is 0 Å². The van der Waals surface area contributed by atoms with Crippen molar-refractivity contribution >= 4 is 41.7 Å². The number of nitrogens with two attached hydrogens (primary N) is 1. The number of carboxylic acids is 1. The van der Waals surface area contributed by atoms with E-state index in [1.54, 1.807) is 0 Å². The number of rotatable bonds is 2. The minimum Gasteiger partial charge on any atom is -0.480 e. The lowest BCUT2D eigenvalue weighted by atomic mass is 10.4. The third-order valence-corrected chi connectivity index (χ3v) is 0.907. The van der Waals surface area contributed by atoms with Gasteiger partial charge in [-0.2, -0.15) is 12.6 Å². The first kappa shape index (κ1) is 11.4. The molecule has 0 fully saturated rings. The maximum atomic E-state index is 9.76. The van der Waals surface area contributed by atoms with Gasteiger partial charge in [-0.3, -0.25) is 4.79 Å². The molecule has 0 aliphatic rings. The Bertz CT molecular complexity index is 79.7. The Hall–Kier alpha value is 0.546. The molecule has 0 heterocycles. The van der Waals surface area contributed by atoms with Crippen LogP contribution < -0.4 is 5.73 Å². The summed E-state index contributed by atoms with van der Waals surface area (Å²) in [6, 6.07) is -0.816. The van der Waals surface area contributed by atoms with Gasteiger partial charge in [-0.15, -0.1) is 0 Å². The van der Waals surface area contributed by atoms with E-state index in [9.17, 15) is 4.79 Å². The fraction of sp³-hybridized carbons (Fsp3) is 0.667. The highest BCUT2D eigenvalue weighted by Crippen LogP contribution is 1.80. The summed E-state index contributed by atoms with van der Waals surface area (Å²) in [5.74, 6) is -0.815. The number of aliphatic carboxylic acids is 1. The van der Waals surface area contributed by atoms with Crippen LogP contribution in [0.25, 0.3) is 0 Å². The fourth-order valence-corrected chi connectivity index (χ4v) is 0.234. The van der Waals surface area contributed by atoms with Crippen LogP contribution in [-0.4, -0.2) is 45.9 Å². The van der Waals surface area contributed by atoms with Crippen LogP contribution in [-0.2, 0) is 4.79 Å². The van der Waals surface area contributed by atoms with Gasteiger partial charge in [-0.05, 0) is 0 Å². The number of carbonyl (C=O) groups is 1. The lowest BCUT2D eigenvalue weighted by Gasteiger charge is -1.96. The smallest absolute Gasteiger partial charge is 0.321 e. The SMILES string of the molecule is N[C@@H](CS)C(=O)O.[Mg]. The van der Waals surface area contributed by atoms with Gasteiger partial charge in [0, 0.05) is 28.8 Å². The fourth-order valence-electron chi connectivity index (χ4n) is 0.0781. The predicted octanol–water partition coefficient (Wildman–Crippen LogP) is -1.05. The summed E-state index contributed by atoms with van der Waals surface area (Å²) in [4.78, 5) is 9.76. The van der Waals surface area contributed by atoms with E-state index in [4.69, 9.17) is 10.8 Å². The minimum atomic E-state index is -1.00. The number of thiol groups is 1. The first-order valence-electron chi connectivity index (χ1n) is 1.77. The Morgan fingerprint density at radius 1 is 1.88 bits per heavy atom. The minimum absolute atomic E-state index is 0. The second-order valence-corrected chi connectivity index (χ2v) is 1.49. The van der Waals surface area contributed by atoms with Crippen LogP contribution in [0.2, 0.25) is 0 Å². The summed E-state index contributed by atoms with van der Waals surface area (Å²) in [5, 5.41) is 8.01. The monoisotopic (exact) mass is 145 g/mol. The van der Waals surface area contributed by atoms with Crippen molar-refractivity contribution in [2.24, 2.45) is 5.73 Å². The molecule has 0 bridgehead atoms. The highest BCUT2D eigenvalue weighted by Gasteiger charge is 2.06. The zero-order valence-electron chi connectivity index (χ0n) is 4.37. The van der Waals surface area contributed by atoms with Gasteiger partial charge in [0.1, 0.15) is 6.04 Å². The Morgan fingerprint density at radius 3 is 2.25 bits per heavy atom. The molecular weight excluding hydrogens is 138 g/mol. The average Bonchev–Trinajstić information content (AvgIpc) is 1.65. The van der Waals surface area contributed by atoms with E-state index in [-0.39, 0.29) is 28.8 Å². The van der Waals surface area contributed by atoms with Gasteiger partial charge in [0.25, 0.3) is 0 Å². The van der Waals surface area contributed by atoms with Crippen molar-refractivity contribution in [2.75, 3.05) is 5.75 Å². The van der Waals surface area contributed by atoms with Gasteiger partial charge in [-0.25, -0.2) is 0 Å². The molecule has 0 amide bonds. The third kappa shape index (κ3) is 4.70. The number of carboxylic acid groups (broad SMARTS) is 1. The zero-order chi connectivity index (χ0) is 5.86. The van der Waals surface area contributed by atoms with Crippen LogP contribution in [0.4, 0.5) is 0 Å². The summed E-state index contributed by atoms with van der Waals surface area (Å²) in [5.41, 5.74) is 4.94. The molecule has 3 nitrogen and oxygen atoms in total. The molecule has 0 saturated heterocycles. The van der Waals surface area contributed by atoms with Crippen molar-refractivity contribution in [3.63, 3.8) is 0 Å². The Morgan fingerprint density at radius 2 is 2.25 bits per heavy atom. The van der Waals surface area contributed by atoms with Gasteiger partial charge in [0.2, 0.25) is 0 Å². The number of hydrogen-bond acceptors (Lipinski definition) is 3. The molecule has 0 saturated carbocycles. The van der Waals surface area contributed by atoms with Crippen molar-refractivity contribution in [1.29, 1.82) is 0 Å². The Balaban J connectivity index is 0. The molecule has 1 atom stereocenters. The van der Waals surface area contributed by atoms with E-state index in [0.717, 1.165) is 0 Å². The predicted molar refractivity (Wildman–Crippen MR) is 35.2 cm³/mol. The van der Waals surface area contributed by atoms with E-state index in [0.29, 0.717) is 0 Å². The van der Waals surface area contributed by atoms with Gasteiger partial charge in [0.15, 0.2) is 0 Å². The molecule has 0 aliphatic carbocycles. The Labute approximate surface area is 69.2 Å². The zero-order valence-corrected chi connectivity index (χ0v) is 6.68. The second-order valence-electron chi connectivity index (χ2n) is 1.13. The van der Waals surface area contributed by atoms with Gasteiger partial charge in [-0.1, -0.05) is 0 Å². The first-order valence-corrected chi connectivity index (χ1v) is 2.41. The van der Waals surface area contributed by atoms with Crippen LogP contribution in [0, 0.1) is 0 Å². The van der Waals surface area contributed by atoms with E-state index in [1.165, 1.54) is 0 Å². The second kappa shape index (κ2) is 5.68. The van der Waals surface area contributed by atoms with E-state index >= 15 is 0 Å². The largest absolute Gasteiger partial charge is 0.480 e. The summed E-state index contributed by atoms with van der Waals surface area (Å²) < 4.78 is 0. The van der Waals surface area contributed by atoms with Crippen LogP contribution in [0.1, 0.15) is 0 Å². The topological polar surface area (TPSA) is 63.3 Å². The molecule has 0 aromatic carbocycles. The molecule has 2 radical (unpaired) electrons. The molecule has 8 heavy (non-hydrogen) atoms. The molecule has 44 valence electrons. The highest BCUT2D eigenvalue weighted by atomic mass is 32.1. The van der Waals surface area contributed by atoms with Crippen molar-refractivity contribution < 1.29 is 9.90 Å². The molecule has 0 aliphatic heterocycles. The maximum absolute atomic E-state index is 9.76. The van der Waals surface area contributed by atoms with E-state index in [2.05, 4.69) is 12.6 Å². The summed E-state index contributed by atoms with van der Waals surface area (Å²) in [6.07, 6.45) is 0. The third-order valence-electron chi connectivity index (χ3n) is 0.514. The van der Waals surface area contributed by atoms with Crippen LogP contribution >= 0.6 is 12.6 Å². The van der Waals surface area contributed by atoms with E-state index in [1.807, 2.05) is 0 Å². The average molecular weight is 145 g/mol. The van der Waals surface area contributed by atoms with Crippen LogP contribution in [0.3, 0.4) is 0 Å². The van der Waals surface area contributed by atoms with Gasteiger partial charge >= 0.3 is 5.97 Å². The quantitative estimate of drug-likeness (QED) is 0.343. The maximum Gasteiger partial charge on any atom is 0.321 e. The highest BCUT2D eigenvalue weighted by molar-refractivity contribution is 7.80. The standard InChI is InChI=1S/C3H7NO2S.Mg/c4-2(1-7)3(5)6;/h2,7H,1,4H2,(H,5,6);/t2-;/m0./s1.